The van der Waals surface area contributed by atoms with Gasteiger partial charge in [0.2, 0.25) is 0 Å². The van der Waals surface area contributed by atoms with E-state index in [0.717, 1.165) is 31.6 Å². The van der Waals surface area contributed by atoms with E-state index in [0.29, 0.717) is 12.2 Å². The summed E-state index contributed by atoms with van der Waals surface area (Å²) in [4.78, 5) is 2.09. The van der Waals surface area contributed by atoms with Crippen LogP contribution in [0.25, 0.3) is 0 Å². The molecule has 0 spiro atoms. The number of halogens is 1. The van der Waals surface area contributed by atoms with Gasteiger partial charge in [-0.25, -0.2) is 4.39 Å². The summed E-state index contributed by atoms with van der Waals surface area (Å²) < 4.78 is 19.4. The first kappa shape index (κ1) is 15.2. The Morgan fingerprint density at radius 3 is 2.70 bits per heavy atom. The van der Waals surface area contributed by atoms with Crippen LogP contribution in [-0.4, -0.2) is 42.6 Å². The van der Waals surface area contributed by atoms with Crippen molar-refractivity contribution < 1.29 is 19.3 Å². The smallest absolute Gasteiger partial charge is 0.131 e. The third kappa shape index (κ3) is 3.48. The molecule has 4 nitrogen and oxygen atoms in total. The molecule has 2 N–H and O–H groups in total. The Kier molecular flexibility index (Phi) is 5.34. The minimum atomic E-state index is -0.824. The maximum Gasteiger partial charge on any atom is 0.131 e. The molecule has 0 bridgehead atoms. The summed E-state index contributed by atoms with van der Waals surface area (Å²) in [6.07, 6.45) is 1.02. The Morgan fingerprint density at radius 2 is 2.10 bits per heavy atom. The van der Waals surface area contributed by atoms with Crippen molar-refractivity contribution in [3.05, 3.63) is 29.6 Å². The Bertz CT molecular complexity index is 431. The predicted octanol–water partition coefficient (Wildman–Crippen LogP) is 1.86. The van der Waals surface area contributed by atoms with Crippen LogP contribution >= 0.6 is 0 Å². The van der Waals surface area contributed by atoms with Gasteiger partial charge < -0.3 is 19.8 Å². The van der Waals surface area contributed by atoms with Gasteiger partial charge in [-0.3, -0.25) is 0 Å². The largest absolute Gasteiger partial charge is 0.394 e. The fourth-order valence-electron chi connectivity index (χ4n) is 2.70. The number of nitrogens with zero attached hydrogens (tertiary/aromatic N) is 1. The van der Waals surface area contributed by atoms with Crippen LogP contribution < -0.4 is 4.90 Å². The maximum absolute atomic E-state index is 13.9. The molecule has 0 saturated carbocycles. The second-order valence-electron chi connectivity index (χ2n) is 5.13. The lowest BCUT2D eigenvalue weighted by molar-refractivity contribution is 0.0158. The number of piperidine rings is 1. The van der Waals surface area contributed by atoms with Crippen LogP contribution in [0.15, 0.2) is 18.2 Å². The number of hydrogen-bond acceptors (Lipinski definition) is 4. The lowest BCUT2D eigenvalue weighted by atomic mass is 10.0. The Labute approximate surface area is 118 Å². The van der Waals surface area contributed by atoms with Gasteiger partial charge in [0.05, 0.1) is 25.4 Å². The van der Waals surface area contributed by atoms with Crippen LogP contribution in [0.3, 0.4) is 0 Å². The minimum absolute atomic E-state index is 0.0380. The molecule has 1 aliphatic heterocycles. The highest BCUT2D eigenvalue weighted by atomic mass is 19.1. The first-order valence-electron chi connectivity index (χ1n) is 7.07. The van der Waals surface area contributed by atoms with Crippen molar-refractivity contribution in [2.45, 2.75) is 32.0 Å². The van der Waals surface area contributed by atoms with Gasteiger partial charge >= 0.3 is 0 Å². The molecule has 1 atom stereocenters. The van der Waals surface area contributed by atoms with E-state index in [9.17, 15) is 9.50 Å². The molecule has 0 radical (unpaired) electrons. The van der Waals surface area contributed by atoms with Gasteiger partial charge in [-0.05, 0) is 31.9 Å². The van der Waals surface area contributed by atoms with Crippen LogP contribution in [0.2, 0.25) is 0 Å². The third-order valence-corrected chi connectivity index (χ3v) is 3.68. The van der Waals surface area contributed by atoms with Crippen LogP contribution in [0.5, 0.6) is 0 Å². The van der Waals surface area contributed by atoms with Crippen LogP contribution in [0.4, 0.5) is 10.1 Å². The number of aliphatic hydroxyl groups excluding tert-OH is 2. The summed E-state index contributed by atoms with van der Waals surface area (Å²) in [5, 5.41) is 18.5. The zero-order valence-corrected chi connectivity index (χ0v) is 11.8. The van der Waals surface area contributed by atoms with E-state index in [1.54, 1.807) is 13.0 Å². The first-order valence-corrected chi connectivity index (χ1v) is 7.07. The summed E-state index contributed by atoms with van der Waals surface area (Å²) in [7, 11) is 0. The highest BCUT2D eigenvalue weighted by Crippen LogP contribution is 2.31. The van der Waals surface area contributed by atoms with E-state index < -0.39 is 6.10 Å². The van der Waals surface area contributed by atoms with Crippen molar-refractivity contribution >= 4 is 5.69 Å². The van der Waals surface area contributed by atoms with Crippen molar-refractivity contribution in [1.29, 1.82) is 0 Å². The van der Waals surface area contributed by atoms with E-state index in [-0.39, 0.29) is 18.5 Å². The van der Waals surface area contributed by atoms with Crippen molar-refractivity contribution in [2.24, 2.45) is 0 Å². The molecule has 112 valence electrons. The Morgan fingerprint density at radius 1 is 1.40 bits per heavy atom. The van der Waals surface area contributed by atoms with Crippen LogP contribution in [-0.2, 0) is 4.74 Å². The number of hydrogen-bond donors (Lipinski definition) is 2. The van der Waals surface area contributed by atoms with Gasteiger partial charge in [0.25, 0.3) is 0 Å². The number of benzene rings is 1. The van der Waals surface area contributed by atoms with Crippen molar-refractivity contribution in [3.8, 4) is 0 Å². The highest BCUT2D eigenvalue weighted by molar-refractivity contribution is 5.55. The molecule has 0 amide bonds. The fraction of sp³-hybridized carbons (Fsp3) is 0.600. The Hall–Kier alpha value is -1.17. The van der Waals surface area contributed by atoms with E-state index in [1.807, 2.05) is 6.07 Å². The quantitative estimate of drug-likeness (QED) is 0.866. The normalized spacial score (nSPS) is 18.3. The summed E-state index contributed by atoms with van der Waals surface area (Å²) in [6, 6.07) is 4.90. The molecule has 0 aliphatic carbocycles. The van der Waals surface area contributed by atoms with Gasteiger partial charge in [-0.15, -0.1) is 0 Å². The molecule has 2 rings (SSSR count). The molecule has 1 aliphatic rings. The van der Waals surface area contributed by atoms with E-state index in [4.69, 9.17) is 9.84 Å². The summed E-state index contributed by atoms with van der Waals surface area (Å²) in [5.74, 6) is -0.365. The second-order valence-corrected chi connectivity index (χ2v) is 5.13. The van der Waals surface area contributed by atoms with Crippen molar-refractivity contribution in [1.82, 2.24) is 0 Å². The maximum atomic E-state index is 13.9. The zero-order chi connectivity index (χ0) is 14.5. The van der Waals surface area contributed by atoms with Gasteiger partial charge in [0.1, 0.15) is 5.82 Å². The zero-order valence-electron chi connectivity index (χ0n) is 11.8. The standard InChI is InChI=1S/C15H22FNO3/c1-11(19)15-13(16)3-2-4-14(15)17-7-5-12(6-8-17)20-10-9-18/h2-4,11-12,18-19H,5-10H2,1H3/t11-/m0/s1. The van der Waals surface area contributed by atoms with Crippen LogP contribution in [0.1, 0.15) is 31.4 Å². The molecule has 1 saturated heterocycles. The van der Waals surface area contributed by atoms with Gasteiger partial charge in [0, 0.05) is 24.3 Å². The lowest BCUT2D eigenvalue weighted by Gasteiger charge is -2.35. The molecule has 0 aromatic heterocycles. The number of ether oxygens (including phenoxy) is 1. The van der Waals surface area contributed by atoms with Crippen molar-refractivity contribution in [3.63, 3.8) is 0 Å². The average Bonchev–Trinajstić information content (AvgIpc) is 2.45. The molecule has 1 heterocycles. The molecule has 1 aromatic carbocycles. The number of aliphatic hydroxyl groups is 2. The minimum Gasteiger partial charge on any atom is -0.394 e. The predicted molar refractivity (Wildman–Crippen MR) is 75.3 cm³/mol. The molecule has 1 aromatic rings. The summed E-state index contributed by atoms with van der Waals surface area (Å²) >= 11 is 0. The Balaban J connectivity index is 2.05. The van der Waals surface area contributed by atoms with Gasteiger partial charge in [-0.1, -0.05) is 6.07 Å². The monoisotopic (exact) mass is 283 g/mol. The van der Waals surface area contributed by atoms with E-state index in [1.165, 1.54) is 6.07 Å². The van der Waals surface area contributed by atoms with Crippen LogP contribution in [0, 0.1) is 5.82 Å². The molecule has 0 unspecified atom stereocenters. The SMILES string of the molecule is C[C@H](O)c1c(F)cccc1N1CCC(OCCO)CC1. The molecule has 1 fully saturated rings. The highest BCUT2D eigenvalue weighted by Gasteiger charge is 2.23. The van der Waals surface area contributed by atoms with Crippen molar-refractivity contribution in [2.75, 3.05) is 31.2 Å². The summed E-state index contributed by atoms with van der Waals surface area (Å²) in [5.41, 5.74) is 1.13. The topological polar surface area (TPSA) is 52.9 Å². The van der Waals surface area contributed by atoms with Gasteiger partial charge in [-0.2, -0.15) is 0 Å². The number of rotatable bonds is 5. The molecular weight excluding hydrogens is 261 g/mol. The first-order chi connectivity index (χ1) is 9.63. The molecular formula is C15H22FNO3. The van der Waals surface area contributed by atoms with Gasteiger partial charge in [0.15, 0.2) is 0 Å². The molecule has 5 heteroatoms. The molecule has 20 heavy (non-hydrogen) atoms. The van der Waals surface area contributed by atoms with E-state index >= 15 is 0 Å². The number of anilines is 1. The lowest BCUT2D eigenvalue weighted by Crippen LogP contribution is -2.38. The van der Waals surface area contributed by atoms with E-state index in [2.05, 4.69) is 4.90 Å². The third-order valence-electron chi connectivity index (χ3n) is 3.68. The summed E-state index contributed by atoms with van der Waals surface area (Å²) in [6.45, 7) is 3.51. The second kappa shape index (κ2) is 7.02. The average molecular weight is 283 g/mol. The fourth-order valence-corrected chi connectivity index (χ4v) is 2.70.